The van der Waals surface area contributed by atoms with Gasteiger partial charge in [-0.2, -0.15) is 0 Å². The first-order chi connectivity index (χ1) is 5.31. The molecule has 0 spiro atoms. The molecule has 0 aliphatic rings. The summed E-state index contributed by atoms with van der Waals surface area (Å²) in [6, 6.07) is 0. The maximum absolute atomic E-state index is 5.67. The van der Waals surface area contributed by atoms with Crippen molar-refractivity contribution in [3.8, 4) is 0 Å². The number of hydrogen-bond donors (Lipinski definition) is 2. The average Bonchev–Trinajstić information content (AvgIpc) is 2.01. The molecule has 0 aliphatic carbocycles. The molecule has 0 saturated carbocycles. The van der Waals surface area contributed by atoms with Crippen molar-refractivity contribution in [2.75, 3.05) is 19.8 Å². The molecule has 0 heterocycles. The Morgan fingerprint density at radius 3 is 2.55 bits per heavy atom. The fraction of sp³-hybridized carbons (Fsp3) is 1.00. The molecule has 0 atom stereocenters. The van der Waals surface area contributed by atoms with Crippen LogP contribution >= 0.6 is 0 Å². The van der Waals surface area contributed by atoms with Gasteiger partial charge in [-0.1, -0.05) is 20.3 Å². The van der Waals surface area contributed by atoms with Gasteiger partial charge in [0.2, 0.25) is 0 Å². The third-order valence-electron chi connectivity index (χ3n) is 1.54. The Morgan fingerprint density at radius 2 is 2.00 bits per heavy atom. The van der Waals surface area contributed by atoms with Gasteiger partial charge in [-0.25, -0.2) is 5.01 Å². The van der Waals surface area contributed by atoms with E-state index in [2.05, 4.69) is 19.2 Å². The lowest BCUT2D eigenvalue weighted by molar-refractivity contribution is 0.257. The van der Waals surface area contributed by atoms with Crippen molar-refractivity contribution in [1.29, 1.82) is 0 Å². The highest BCUT2D eigenvalue weighted by molar-refractivity contribution is 4.46. The molecule has 0 aromatic carbocycles. The Morgan fingerprint density at radius 1 is 1.27 bits per heavy atom. The zero-order valence-electron chi connectivity index (χ0n) is 7.77. The van der Waals surface area contributed by atoms with Crippen LogP contribution in [-0.2, 0) is 0 Å². The first kappa shape index (κ1) is 10.9. The second-order valence-corrected chi connectivity index (χ2v) is 2.82. The van der Waals surface area contributed by atoms with Crippen LogP contribution in [0.1, 0.15) is 33.1 Å². The molecule has 0 radical (unpaired) electrons. The molecule has 3 nitrogen and oxygen atoms in total. The van der Waals surface area contributed by atoms with Crippen molar-refractivity contribution in [3.05, 3.63) is 0 Å². The van der Waals surface area contributed by atoms with Crippen LogP contribution in [0.5, 0.6) is 0 Å². The molecule has 0 aliphatic heterocycles. The SMILES string of the molecule is CCCCN(N)CNCCC. The molecule has 68 valence electrons. The summed E-state index contributed by atoms with van der Waals surface area (Å²) in [5, 5.41) is 5.08. The van der Waals surface area contributed by atoms with E-state index in [0.29, 0.717) is 0 Å². The highest BCUT2D eigenvalue weighted by atomic mass is 15.4. The molecule has 0 aromatic rings. The summed E-state index contributed by atoms with van der Waals surface area (Å²) in [5.41, 5.74) is 0. The number of rotatable bonds is 7. The molecule has 11 heavy (non-hydrogen) atoms. The number of nitrogens with zero attached hydrogens (tertiary/aromatic N) is 1. The molecule has 0 amide bonds. The number of unbranched alkanes of at least 4 members (excludes halogenated alkanes) is 1. The summed E-state index contributed by atoms with van der Waals surface area (Å²) in [5.74, 6) is 5.67. The van der Waals surface area contributed by atoms with Gasteiger partial charge < -0.3 is 5.32 Å². The van der Waals surface area contributed by atoms with Crippen molar-refractivity contribution in [3.63, 3.8) is 0 Å². The van der Waals surface area contributed by atoms with Gasteiger partial charge in [0.25, 0.3) is 0 Å². The summed E-state index contributed by atoms with van der Waals surface area (Å²) in [6.07, 6.45) is 3.56. The zero-order valence-corrected chi connectivity index (χ0v) is 7.77. The summed E-state index contributed by atoms with van der Waals surface area (Å²) in [4.78, 5) is 0. The van der Waals surface area contributed by atoms with E-state index >= 15 is 0 Å². The highest BCUT2D eigenvalue weighted by Gasteiger charge is 1.94. The summed E-state index contributed by atoms with van der Waals surface area (Å²) >= 11 is 0. The van der Waals surface area contributed by atoms with E-state index in [-0.39, 0.29) is 0 Å². The van der Waals surface area contributed by atoms with Crippen molar-refractivity contribution in [2.45, 2.75) is 33.1 Å². The first-order valence-electron chi connectivity index (χ1n) is 4.51. The summed E-state index contributed by atoms with van der Waals surface area (Å²) in [6.45, 7) is 7.19. The standard InChI is InChI=1S/C8H21N3/c1-3-5-7-11(9)8-10-6-4-2/h10H,3-9H2,1-2H3. The molecule has 0 rings (SSSR count). The monoisotopic (exact) mass is 159 g/mol. The third-order valence-corrected chi connectivity index (χ3v) is 1.54. The van der Waals surface area contributed by atoms with E-state index in [1.807, 2.05) is 5.01 Å². The molecule has 0 saturated heterocycles. The van der Waals surface area contributed by atoms with Gasteiger partial charge >= 0.3 is 0 Å². The summed E-state index contributed by atoms with van der Waals surface area (Å²) < 4.78 is 0. The van der Waals surface area contributed by atoms with E-state index in [1.54, 1.807) is 0 Å². The molecular weight excluding hydrogens is 138 g/mol. The minimum atomic E-state index is 0.813. The second kappa shape index (κ2) is 7.98. The summed E-state index contributed by atoms with van der Waals surface area (Å²) in [7, 11) is 0. The fourth-order valence-electron chi connectivity index (χ4n) is 0.840. The van der Waals surface area contributed by atoms with Gasteiger partial charge in [0.15, 0.2) is 0 Å². The quantitative estimate of drug-likeness (QED) is 0.251. The van der Waals surface area contributed by atoms with Crippen molar-refractivity contribution in [1.82, 2.24) is 10.3 Å². The Labute approximate surface area is 69.9 Å². The largest absolute Gasteiger partial charge is 0.303 e. The number of nitrogens with two attached hydrogens (primary N) is 1. The van der Waals surface area contributed by atoms with Crippen molar-refractivity contribution >= 4 is 0 Å². The van der Waals surface area contributed by atoms with Gasteiger partial charge in [0, 0.05) is 6.54 Å². The molecule has 0 aromatic heterocycles. The lowest BCUT2D eigenvalue weighted by atomic mass is 10.3. The molecule has 3 heteroatoms. The van der Waals surface area contributed by atoms with E-state index in [1.165, 1.54) is 19.3 Å². The van der Waals surface area contributed by atoms with Crippen molar-refractivity contribution < 1.29 is 0 Å². The van der Waals surface area contributed by atoms with Gasteiger partial charge in [-0.05, 0) is 19.4 Å². The predicted molar refractivity (Wildman–Crippen MR) is 49.0 cm³/mol. The van der Waals surface area contributed by atoms with Crippen LogP contribution in [0.2, 0.25) is 0 Å². The number of nitrogens with one attached hydrogen (secondary N) is 1. The smallest absolute Gasteiger partial charge is 0.0618 e. The maximum Gasteiger partial charge on any atom is 0.0618 e. The lowest BCUT2D eigenvalue weighted by Gasteiger charge is -2.15. The molecule has 3 N–H and O–H groups in total. The fourth-order valence-corrected chi connectivity index (χ4v) is 0.840. The third kappa shape index (κ3) is 7.78. The zero-order chi connectivity index (χ0) is 8.53. The maximum atomic E-state index is 5.67. The van der Waals surface area contributed by atoms with Gasteiger partial charge in [0.1, 0.15) is 0 Å². The van der Waals surface area contributed by atoms with Crippen LogP contribution in [0.15, 0.2) is 0 Å². The van der Waals surface area contributed by atoms with Crippen LogP contribution in [-0.4, -0.2) is 24.8 Å². The minimum Gasteiger partial charge on any atom is -0.303 e. The normalized spacial score (nSPS) is 10.9. The first-order valence-corrected chi connectivity index (χ1v) is 4.51. The Bertz CT molecular complexity index is 75.7. The molecule has 0 unspecified atom stereocenters. The molecular formula is C8H21N3. The van der Waals surface area contributed by atoms with E-state index in [0.717, 1.165) is 19.8 Å². The van der Waals surface area contributed by atoms with Crippen LogP contribution in [0, 0.1) is 0 Å². The lowest BCUT2D eigenvalue weighted by Crippen LogP contribution is -2.40. The van der Waals surface area contributed by atoms with Gasteiger partial charge in [0.05, 0.1) is 6.67 Å². The Hall–Kier alpha value is -0.120. The topological polar surface area (TPSA) is 41.3 Å². The van der Waals surface area contributed by atoms with E-state index < -0.39 is 0 Å². The Balaban J connectivity index is 3.02. The molecule has 0 fully saturated rings. The average molecular weight is 159 g/mol. The van der Waals surface area contributed by atoms with Gasteiger partial charge in [-0.3, -0.25) is 5.84 Å². The van der Waals surface area contributed by atoms with E-state index in [4.69, 9.17) is 5.84 Å². The van der Waals surface area contributed by atoms with E-state index in [9.17, 15) is 0 Å². The Kier molecular flexibility index (Phi) is 7.89. The van der Waals surface area contributed by atoms with Crippen LogP contribution in [0.4, 0.5) is 0 Å². The van der Waals surface area contributed by atoms with Crippen LogP contribution in [0.25, 0.3) is 0 Å². The second-order valence-electron chi connectivity index (χ2n) is 2.82. The highest BCUT2D eigenvalue weighted by Crippen LogP contribution is 1.87. The minimum absolute atomic E-state index is 0.813. The van der Waals surface area contributed by atoms with Crippen LogP contribution in [0.3, 0.4) is 0 Å². The number of hydrogen-bond acceptors (Lipinski definition) is 3. The van der Waals surface area contributed by atoms with Crippen LogP contribution < -0.4 is 11.2 Å². The van der Waals surface area contributed by atoms with Crippen molar-refractivity contribution in [2.24, 2.45) is 5.84 Å². The molecule has 0 bridgehead atoms. The van der Waals surface area contributed by atoms with Gasteiger partial charge in [-0.15, -0.1) is 0 Å². The predicted octanol–water partition coefficient (Wildman–Crippen LogP) is 0.919. The number of hydrazine groups is 1.